The fourth-order valence-corrected chi connectivity index (χ4v) is 3.84. The van der Waals surface area contributed by atoms with Crippen LogP contribution in [0.1, 0.15) is 29.4 Å². The number of hydrogen-bond donors (Lipinski definition) is 1. The molecule has 0 aliphatic heterocycles. The number of anilines is 1. The van der Waals surface area contributed by atoms with Crippen LogP contribution in [0.15, 0.2) is 41.6 Å². The van der Waals surface area contributed by atoms with Crippen LogP contribution in [0, 0.1) is 13.8 Å². The summed E-state index contributed by atoms with van der Waals surface area (Å²) in [4.78, 5) is 12.3. The average molecular weight is 445 g/mol. The number of nitrogens with zero attached hydrogens (tertiary/aromatic N) is 3. The number of hydrogen-bond acceptors (Lipinski definition) is 5. The van der Waals surface area contributed by atoms with Gasteiger partial charge < -0.3 is 14.6 Å². The van der Waals surface area contributed by atoms with Gasteiger partial charge >= 0.3 is 0 Å². The number of aryl methyl sites for hydroxylation is 3. The summed E-state index contributed by atoms with van der Waals surface area (Å²) in [6.45, 7) is 6.24. The van der Waals surface area contributed by atoms with Crippen LogP contribution in [0.2, 0.25) is 5.02 Å². The molecule has 30 heavy (non-hydrogen) atoms. The van der Waals surface area contributed by atoms with Crippen LogP contribution in [-0.2, 0) is 24.9 Å². The fourth-order valence-electron chi connectivity index (χ4n) is 3.00. The summed E-state index contributed by atoms with van der Waals surface area (Å²) in [6.07, 6.45) is 0.864. The van der Waals surface area contributed by atoms with Crippen molar-refractivity contribution in [2.75, 3.05) is 11.1 Å². The molecule has 0 saturated heterocycles. The lowest BCUT2D eigenvalue weighted by Crippen LogP contribution is -2.15. The molecule has 0 aliphatic rings. The summed E-state index contributed by atoms with van der Waals surface area (Å²) in [6, 6.07) is 11.6. The van der Waals surface area contributed by atoms with E-state index in [1.807, 2.05) is 61.9 Å². The van der Waals surface area contributed by atoms with Gasteiger partial charge in [0, 0.05) is 17.8 Å². The highest BCUT2D eigenvalue weighted by molar-refractivity contribution is 7.99. The van der Waals surface area contributed by atoms with Gasteiger partial charge in [0.15, 0.2) is 11.0 Å². The summed E-state index contributed by atoms with van der Waals surface area (Å²) in [5.41, 5.74) is 3.90. The minimum absolute atomic E-state index is 0.0752. The number of thioether (sulfide) groups is 1. The molecule has 0 bridgehead atoms. The van der Waals surface area contributed by atoms with Crippen molar-refractivity contribution in [2.24, 2.45) is 7.05 Å². The molecule has 0 fully saturated rings. The van der Waals surface area contributed by atoms with Crippen LogP contribution < -0.4 is 10.1 Å². The largest absolute Gasteiger partial charge is 0.486 e. The maximum atomic E-state index is 12.3. The zero-order valence-electron chi connectivity index (χ0n) is 17.5. The number of carbonyl (C=O) groups is 1. The van der Waals surface area contributed by atoms with Gasteiger partial charge in [-0.2, -0.15) is 0 Å². The Hall–Kier alpha value is -2.51. The number of carbonyl (C=O) groups excluding carboxylic acids is 1. The third-order valence-electron chi connectivity index (χ3n) is 4.71. The normalized spacial score (nSPS) is 10.8. The van der Waals surface area contributed by atoms with E-state index in [1.54, 1.807) is 0 Å². The molecule has 0 atom stereocenters. The Morgan fingerprint density at radius 1 is 1.20 bits per heavy atom. The number of benzene rings is 2. The highest BCUT2D eigenvalue weighted by atomic mass is 35.5. The second-order valence-electron chi connectivity index (χ2n) is 6.97. The molecule has 0 spiro atoms. The molecule has 0 saturated carbocycles. The number of nitrogens with one attached hydrogen (secondary N) is 1. The molecule has 0 unspecified atom stereocenters. The number of para-hydroxylation sites is 1. The first kappa shape index (κ1) is 22.2. The van der Waals surface area contributed by atoms with E-state index in [-0.39, 0.29) is 18.3 Å². The highest BCUT2D eigenvalue weighted by Crippen LogP contribution is 2.26. The number of ether oxygens (including phenoxy) is 1. The zero-order valence-corrected chi connectivity index (χ0v) is 19.1. The first-order chi connectivity index (χ1) is 14.4. The summed E-state index contributed by atoms with van der Waals surface area (Å²) >= 11 is 7.55. The predicted molar refractivity (Wildman–Crippen MR) is 121 cm³/mol. The van der Waals surface area contributed by atoms with Gasteiger partial charge in [-0.25, -0.2) is 0 Å². The van der Waals surface area contributed by atoms with Gasteiger partial charge in [-0.15, -0.1) is 10.2 Å². The maximum Gasteiger partial charge on any atom is 0.234 e. The van der Waals surface area contributed by atoms with E-state index in [2.05, 4.69) is 22.4 Å². The summed E-state index contributed by atoms with van der Waals surface area (Å²) < 4.78 is 7.70. The Morgan fingerprint density at radius 2 is 1.90 bits per heavy atom. The van der Waals surface area contributed by atoms with Crippen LogP contribution in [0.25, 0.3) is 0 Å². The summed E-state index contributed by atoms with van der Waals surface area (Å²) in [5.74, 6) is 1.59. The van der Waals surface area contributed by atoms with Crippen molar-refractivity contribution >= 4 is 35.0 Å². The van der Waals surface area contributed by atoms with E-state index in [1.165, 1.54) is 11.8 Å². The Kier molecular flexibility index (Phi) is 7.39. The van der Waals surface area contributed by atoms with Gasteiger partial charge in [0.1, 0.15) is 12.4 Å². The third kappa shape index (κ3) is 5.34. The monoisotopic (exact) mass is 444 g/mol. The van der Waals surface area contributed by atoms with Crippen molar-refractivity contribution in [1.82, 2.24) is 14.8 Å². The minimum atomic E-state index is -0.0752. The Labute approximate surface area is 186 Å². The number of aromatic nitrogens is 3. The average Bonchev–Trinajstić information content (AvgIpc) is 3.08. The number of halogens is 1. The predicted octanol–water partition coefficient (Wildman–Crippen LogP) is 4.96. The molecule has 1 heterocycles. The lowest BCUT2D eigenvalue weighted by Gasteiger charge is -2.10. The summed E-state index contributed by atoms with van der Waals surface area (Å²) in [5, 5.41) is 12.8. The number of amides is 1. The maximum absolute atomic E-state index is 12.3. The van der Waals surface area contributed by atoms with E-state index in [4.69, 9.17) is 16.3 Å². The van der Waals surface area contributed by atoms with Crippen molar-refractivity contribution in [3.8, 4) is 5.75 Å². The molecule has 1 amide bonds. The zero-order chi connectivity index (χ0) is 21.7. The van der Waals surface area contributed by atoms with Gasteiger partial charge in [0.05, 0.1) is 5.75 Å². The van der Waals surface area contributed by atoms with Gasteiger partial charge in [-0.05, 0) is 55.2 Å². The van der Waals surface area contributed by atoms with Gasteiger partial charge in [-0.3, -0.25) is 4.79 Å². The Morgan fingerprint density at radius 3 is 2.60 bits per heavy atom. The smallest absolute Gasteiger partial charge is 0.234 e. The molecule has 6 nitrogen and oxygen atoms in total. The second kappa shape index (κ2) is 10.00. The number of rotatable bonds is 8. The first-order valence-electron chi connectivity index (χ1n) is 9.67. The Bertz CT molecular complexity index is 1030. The topological polar surface area (TPSA) is 69.0 Å². The van der Waals surface area contributed by atoms with Crippen molar-refractivity contribution in [1.29, 1.82) is 0 Å². The molecule has 158 valence electrons. The van der Waals surface area contributed by atoms with Crippen LogP contribution in [-0.4, -0.2) is 26.4 Å². The van der Waals surface area contributed by atoms with Crippen molar-refractivity contribution in [2.45, 2.75) is 39.0 Å². The van der Waals surface area contributed by atoms with Gasteiger partial charge in [0.2, 0.25) is 5.91 Å². The lowest BCUT2D eigenvalue weighted by molar-refractivity contribution is -0.113. The van der Waals surface area contributed by atoms with E-state index in [9.17, 15) is 4.79 Å². The molecule has 2 aromatic carbocycles. The summed E-state index contributed by atoms with van der Waals surface area (Å²) in [7, 11) is 1.86. The molecule has 8 heteroatoms. The van der Waals surface area contributed by atoms with E-state index in [0.29, 0.717) is 11.0 Å². The van der Waals surface area contributed by atoms with Crippen molar-refractivity contribution < 1.29 is 9.53 Å². The fraction of sp³-hybridized carbons (Fsp3) is 0.318. The Balaban J connectivity index is 1.57. The first-order valence-corrected chi connectivity index (χ1v) is 11.0. The van der Waals surface area contributed by atoms with Crippen LogP contribution in [0.4, 0.5) is 5.69 Å². The molecule has 0 aliphatic carbocycles. The van der Waals surface area contributed by atoms with Crippen LogP contribution >= 0.6 is 23.4 Å². The third-order valence-corrected chi connectivity index (χ3v) is 6.32. The molecular formula is C22H25ClN4O2S. The van der Waals surface area contributed by atoms with Crippen LogP contribution in [0.5, 0.6) is 5.75 Å². The van der Waals surface area contributed by atoms with Crippen LogP contribution in [0.3, 0.4) is 0 Å². The molecule has 3 rings (SSSR count). The van der Waals surface area contributed by atoms with Gasteiger partial charge in [-0.1, -0.05) is 48.5 Å². The van der Waals surface area contributed by atoms with E-state index >= 15 is 0 Å². The standard InChI is InChI=1S/C22H25ClN4O2S/c1-5-16-8-6-7-9-18(16)24-20(28)13-30-22-26-25-19(27(22)4)12-29-17-10-14(2)21(23)15(3)11-17/h6-11H,5,12-13H2,1-4H3,(H,24,28). The lowest BCUT2D eigenvalue weighted by atomic mass is 10.1. The van der Waals surface area contributed by atoms with Gasteiger partial charge in [0.25, 0.3) is 0 Å². The van der Waals surface area contributed by atoms with E-state index in [0.717, 1.165) is 39.6 Å². The molecule has 1 N–H and O–H groups in total. The molecule has 0 radical (unpaired) electrons. The second-order valence-corrected chi connectivity index (χ2v) is 8.29. The molecular weight excluding hydrogens is 420 g/mol. The minimum Gasteiger partial charge on any atom is -0.486 e. The SMILES string of the molecule is CCc1ccccc1NC(=O)CSc1nnc(COc2cc(C)c(Cl)c(C)c2)n1C. The van der Waals surface area contributed by atoms with Crippen molar-refractivity contribution in [3.05, 3.63) is 63.9 Å². The molecule has 3 aromatic rings. The highest BCUT2D eigenvalue weighted by Gasteiger charge is 2.13. The molecule has 1 aromatic heterocycles. The quantitative estimate of drug-likeness (QED) is 0.497. The van der Waals surface area contributed by atoms with E-state index < -0.39 is 0 Å². The van der Waals surface area contributed by atoms with Crippen molar-refractivity contribution in [3.63, 3.8) is 0 Å².